The number of alkyl halides is 2. The summed E-state index contributed by atoms with van der Waals surface area (Å²) in [4.78, 5) is 11.2. The van der Waals surface area contributed by atoms with Gasteiger partial charge in [-0.25, -0.2) is 13.6 Å². The van der Waals surface area contributed by atoms with E-state index in [0.29, 0.717) is 18.4 Å². The van der Waals surface area contributed by atoms with Gasteiger partial charge in [0, 0.05) is 5.92 Å². The zero-order valence-electron chi connectivity index (χ0n) is 9.98. The van der Waals surface area contributed by atoms with Crippen LogP contribution in [0.3, 0.4) is 0 Å². The van der Waals surface area contributed by atoms with Crippen molar-refractivity contribution in [3.05, 3.63) is 35.4 Å². The Morgan fingerprint density at radius 2 is 1.89 bits per heavy atom. The lowest BCUT2D eigenvalue weighted by Gasteiger charge is -2.32. The van der Waals surface area contributed by atoms with Crippen molar-refractivity contribution in [3.63, 3.8) is 0 Å². The van der Waals surface area contributed by atoms with Gasteiger partial charge in [-0.05, 0) is 30.4 Å². The van der Waals surface area contributed by atoms with Crippen LogP contribution in [0.1, 0.15) is 47.5 Å². The van der Waals surface area contributed by atoms with Crippen molar-refractivity contribution in [2.24, 2.45) is 5.92 Å². The lowest BCUT2D eigenvalue weighted by atomic mass is 9.74. The molecule has 0 radical (unpaired) electrons. The van der Waals surface area contributed by atoms with Gasteiger partial charge in [-0.1, -0.05) is 31.0 Å². The molecule has 1 fully saturated rings. The second-order valence-corrected chi connectivity index (χ2v) is 4.78. The van der Waals surface area contributed by atoms with E-state index in [9.17, 15) is 13.6 Å². The van der Waals surface area contributed by atoms with Gasteiger partial charge in [0.25, 0.3) is 0 Å². The van der Waals surface area contributed by atoms with E-state index in [1.54, 1.807) is 18.2 Å². The molecule has 18 heavy (non-hydrogen) atoms. The fourth-order valence-corrected chi connectivity index (χ4v) is 2.86. The van der Waals surface area contributed by atoms with Crippen molar-refractivity contribution in [1.82, 2.24) is 0 Å². The highest BCUT2D eigenvalue weighted by Crippen LogP contribution is 2.42. The number of carboxylic acid groups (broad SMARTS) is 1. The molecule has 98 valence electrons. The summed E-state index contributed by atoms with van der Waals surface area (Å²) in [6, 6.07) is 6.52. The quantitative estimate of drug-likeness (QED) is 0.887. The van der Waals surface area contributed by atoms with E-state index in [2.05, 4.69) is 0 Å². The van der Waals surface area contributed by atoms with E-state index in [1.165, 1.54) is 6.07 Å². The zero-order chi connectivity index (χ0) is 13.1. The predicted octanol–water partition coefficient (Wildman–Crippen LogP) is 3.92. The molecule has 0 aromatic heterocycles. The van der Waals surface area contributed by atoms with Crippen LogP contribution < -0.4 is 0 Å². The molecule has 1 saturated carbocycles. The maximum atomic E-state index is 13.0. The maximum Gasteiger partial charge on any atom is 0.335 e. The summed E-state index contributed by atoms with van der Waals surface area (Å²) in [6.07, 6.45) is 0.454. The van der Waals surface area contributed by atoms with Gasteiger partial charge in [0.1, 0.15) is 0 Å². The maximum absolute atomic E-state index is 13.0. The molecule has 0 saturated heterocycles. The molecule has 1 aliphatic rings. The van der Waals surface area contributed by atoms with Crippen LogP contribution in [0.4, 0.5) is 8.78 Å². The Bertz CT molecular complexity index is 432. The number of aromatic carboxylic acids is 1. The minimum Gasteiger partial charge on any atom is -0.478 e. The number of halogens is 2. The van der Waals surface area contributed by atoms with Crippen LogP contribution in [-0.2, 0) is 0 Å². The molecule has 0 aliphatic heterocycles. The van der Waals surface area contributed by atoms with Gasteiger partial charge >= 0.3 is 5.97 Å². The van der Waals surface area contributed by atoms with Crippen LogP contribution in [0.25, 0.3) is 0 Å². The Labute approximate surface area is 105 Å². The van der Waals surface area contributed by atoms with Crippen LogP contribution in [0, 0.1) is 5.92 Å². The Morgan fingerprint density at radius 1 is 1.22 bits per heavy atom. The number of carboxylic acids is 1. The van der Waals surface area contributed by atoms with Crippen molar-refractivity contribution < 1.29 is 18.7 Å². The summed E-state index contributed by atoms with van der Waals surface area (Å²) >= 11 is 0. The van der Waals surface area contributed by atoms with Crippen LogP contribution >= 0.6 is 0 Å². The summed E-state index contributed by atoms with van der Waals surface area (Å²) in [6.45, 7) is 0. The minimum absolute atomic E-state index is 0.162. The Kier molecular flexibility index (Phi) is 3.94. The monoisotopic (exact) mass is 254 g/mol. The first-order valence-corrected chi connectivity index (χ1v) is 6.21. The van der Waals surface area contributed by atoms with Gasteiger partial charge in [-0.3, -0.25) is 0 Å². The average Bonchev–Trinajstić information content (AvgIpc) is 2.38. The predicted molar refractivity (Wildman–Crippen MR) is 64.1 cm³/mol. The van der Waals surface area contributed by atoms with Gasteiger partial charge in [0.2, 0.25) is 6.43 Å². The van der Waals surface area contributed by atoms with Gasteiger partial charge in [-0.15, -0.1) is 0 Å². The third-order valence-electron chi connectivity index (χ3n) is 3.73. The highest BCUT2D eigenvalue weighted by Gasteiger charge is 2.34. The first-order chi connectivity index (χ1) is 8.61. The molecule has 2 unspecified atom stereocenters. The minimum atomic E-state index is -2.38. The summed E-state index contributed by atoms with van der Waals surface area (Å²) in [5, 5.41) is 9.13. The smallest absolute Gasteiger partial charge is 0.335 e. The third kappa shape index (κ3) is 2.52. The Morgan fingerprint density at radius 3 is 2.56 bits per heavy atom. The number of carbonyl (C=O) groups is 1. The second kappa shape index (κ2) is 5.46. The molecule has 4 heteroatoms. The van der Waals surface area contributed by atoms with E-state index in [0.717, 1.165) is 12.8 Å². The zero-order valence-corrected chi connectivity index (χ0v) is 9.98. The summed E-state index contributed by atoms with van der Waals surface area (Å²) in [7, 11) is 0. The fourth-order valence-electron chi connectivity index (χ4n) is 2.86. The van der Waals surface area contributed by atoms with Crippen molar-refractivity contribution >= 4 is 5.97 Å². The van der Waals surface area contributed by atoms with Crippen molar-refractivity contribution in [3.8, 4) is 0 Å². The number of hydrogen-bond acceptors (Lipinski definition) is 1. The molecule has 1 N–H and O–H groups in total. The van der Waals surface area contributed by atoms with E-state index >= 15 is 0 Å². The SMILES string of the molecule is O=C(O)c1ccccc1C1CCCCC1C(F)F. The molecule has 2 rings (SSSR count). The molecular formula is C14H16F2O2. The lowest BCUT2D eigenvalue weighted by molar-refractivity contribution is 0.0422. The summed E-state index contributed by atoms with van der Waals surface area (Å²) < 4.78 is 26.1. The average molecular weight is 254 g/mol. The fraction of sp³-hybridized carbons (Fsp3) is 0.500. The van der Waals surface area contributed by atoms with E-state index < -0.39 is 18.3 Å². The normalized spacial score (nSPS) is 24.2. The van der Waals surface area contributed by atoms with Crippen LogP contribution in [0.5, 0.6) is 0 Å². The topological polar surface area (TPSA) is 37.3 Å². The van der Waals surface area contributed by atoms with Gasteiger partial charge in [0.05, 0.1) is 5.56 Å². The molecule has 1 aliphatic carbocycles. The number of rotatable bonds is 3. The lowest BCUT2D eigenvalue weighted by Crippen LogP contribution is -2.25. The molecule has 0 spiro atoms. The third-order valence-corrected chi connectivity index (χ3v) is 3.73. The van der Waals surface area contributed by atoms with Gasteiger partial charge in [0.15, 0.2) is 0 Å². The van der Waals surface area contributed by atoms with Crippen LogP contribution in [-0.4, -0.2) is 17.5 Å². The van der Waals surface area contributed by atoms with Gasteiger partial charge in [-0.2, -0.15) is 0 Å². The summed E-state index contributed by atoms with van der Waals surface area (Å²) in [5.74, 6) is -2.07. The first kappa shape index (κ1) is 13.0. The largest absolute Gasteiger partial charge is 0.478 e. The second-order valence-electron chi connectivity index (χ2n) is 4.78. The van der Waals surface area contributed by atoms with Gasteiger partial charge < -0.3 is 5.11 Å². The van der Waals surface area contributed by atoms with E-state index in [4.69, 9.17) is 5.11 Å². The highest BCUT2D eigenvalue weighted by atomic mass is 19.3. The van der Waals surface area contributed by atoms with Crippen LogP contribution in [0.15, 0.2) is 24.3 Å². The van der Waals surface area contributed by atoms with Crippen molar-refractivity contribution in [2.45, 2.75) is 38.0 Å². The molecule has 0 heterocycles. The Balaban J connectivity index is 2.36. The molecule has 1 aromatic rings. The standard InChI is InChI=1S/C14H16F2O2/c15-13(16)11-7-3-1-5-9(11)10-6-2-4-8-12(10)14(17)18/h2,4,6,8-9,11,13H,1,3,5,7H2,(H,17,18). The molecular weight excluding hydrogens is 238 g/mol. The van der Waals surface area contributed by atoms with Crippen molar-refractivity contribution in [2.75, 3.05) is 0 Å². The van der Waals surface area contributed by atoms with Crippen molar-refractivity contribution in [1.29, 1.82) is 0 Å². The molecule has 2 atom stereocenters. The molecule has 2 nitrogen and oxygen atoms in total. The highest BCUT2D eigenvalue weighted by molar-refractivity contribution is 5.89. The van der Waals surface area contributed by atoms with E-state index in [-0.39, 0.29) is 11.5 Å². The number of benzene rings is 1. The molecule has 0 amide bonds. The molecule has 0 bridgehead atoms. The van der Waals surface area contributed by atoms with Crippen LogP contribution in [0.2, 0.25) is 0 Å². The summed E-state index contributed by atoms with van der Waals surface area (Å²) in [5.41, 5.74) is 0.727. The van der Waals surface area contributed by atoms with E-state index in [1.807, 2.05) is 0 Å². The first-order valence-electron chi connectivity index (χ1n) is 6.21. The number of hydrogen-bond donors (Lipinski definition) is 1. The molecule has 1 aromatic carbocycles. The Hall–Kier alpha value is -1.45.